The molecule has 0 aliphatic rings. The Morgan fingerprint density at radius 3 is 3.08 bits per heavy atom. The van der Waals surface area contributed by atoms with Gasteiger partial charge in [-0.25, -0.2) is 9.78 Å². The standard InChI is InChI=1S/C9H10N2O2/c10-4-1-2-7-3-5-11-8(6-7)9(12)13/h1-3,5-6H,4,10H2,(H,12,13). The third-order valence-corrected chi connectivity index (χ3v) is 1.45. The summed E-state index contributed by atoms with van der Waals surface area (Å²) in [5.74, 6) is -1.03. The number of carboxylic acids is 1. The molecule has 0 radical (unpaired) electrons. The van der Waals surface area contributed by atoms with Gasteiger partial charge in [0.1, 0.15) is 5.69 Å². The van der Waals surface area contributed by atoms with Gasteiger partial charge in [0.05, 0.1) is 0 Å². The predicted molar refractivity (Wildman–Crippen MR) is 49.3 cm³/mol. The van der Waals surface area contributed by atoms with Gasteiger partial charge in [0, 0.05) is 12.7 Å². The maximum absolute atomic E-state index is 10.5. The highest BCUT2D eigenvalue weighted by Gasteiger charge is 2.02. The summed E-state index contributed by atoms with van der Waals surface area (Å²) in [6, 6.07) is 3.22. The molecular weight excluding hydrogens is 168 g/mol. The van der Waals surface area contributed by atoms with Crippen LogP contribution < -0.4 is 5.73 Å². The molecule has 4 nitrogen and oxygen atoms in total. The van der Waals surface area contributed by atoms with Crippen molar-refractivity contribution in [1.82, 2.24) is 4.98 Å². The normalized spacial score (nSPS) is 10.5. The number of nitrogens with two attached hydrogens (primary N) is 1. The number of carbonyl (C=O) groups is 1. The third-order valence-electron chi connectivity index (χ3n) is 1.45. The highest BCUT2D eigenvalue weighted by atomic mass is 16.4. The van der Waals surface area contributed by atoms with E-state index < -0.39 is 5.97 Å². The van der Waals surface area contributed by atoms with Gasteiger partial charge in [0.25, 0.3) is 0 Å². The maximum atomic E-state index is 10.5. The Morgan fingerprint density at radius 1 is 1.69 bits per heavy atom. The molecule has 0 bridgehead atoms. The van der Waals surface area contributed by atoms with E-state index >= 15 is 0 Å². The van der Waals surface area contributed by atoms with Crippen LogP contribution in [-0.2, 0) is 0 Å². The van der Waals surface area contributed by atoms with E-state index in [4.69, 9.17) is 10.8 Å². The molecule has 1 rings (SSSR count). The highest BCUT2D eigenvalue weighted by molar-refractivity contribution is 5.85. The van der Waals surface area contributed by atoms with Crippen LogP contribution in [0.15, 0.2) is 24.4 Å². The van der Waals surface area contributed by atoms with Crippen molar-refractivity contribution in [2.75, 3.05) is 6.54 Å². The van der Waals surface area contributed by atoms with Crippen molar-refractivity contribution >= 4 is 12.0 Å². The Labute approximate surface area is 75.7 Å². The van der Waals surface area contributed by atoms with E-state index in [-0.39, 0.29) is 5.69 Å². The minimum atomic E-state index is -1.03. The molecule has 0 amide bonds. The summed E-state index contributed by atoms with van der Waals surface area (Å²) in [6.45, 7) is 0.435. The number of aromatic carboxylic acids is 1. The summed E-state index contributed by atoms with van der Waals surface area (Å²) in [4.78, 5) is 14.2. The van der Waals surface area contributed by atoms with Gasteiger partial charge in [-0.2, -0.15) is 0 Å². The second-order valence-electron chi connectivity index (χ2n) is 2.42. The van der Waals surface area contributed by atoms with Gasteiger partial charge >= 0.3 is 5.97 Å². The molecule has 0 aromatic carbocycles. The Morgan fingerprint density at radius 2 is 2.46 bits per heavy atom. The average molecular weight is 178 g/mol. The number of hydrogen-bond acceptors (Lipinski definition) is 3. The SMILES string of the molecule is NCC=Cc1ccnc(C(=O)O)c1. The first-order valence-corrected chi connectivity index (χ1v) is 3.80. The average Bonchev–Trinajstić information content (AvgIpc) is 2.15. The molecule has 0 aliphatic carbocycles. The van der Waals surface area contributed by atoms with Gasteiger partial charge in [0.15, 0.2) is 0 Å². The molecule has 13 heavy (non-hydrogen) atoms. The lowest BCUT2D eigenvalue weighted by atomic mass is 10.2. The maximum Gasteiger partial charge on any atom is 0.354 e. The molecule has 1 aromatic rings. The summed E-state index contributed by atoms with van der Waals surface area (Å²) in [5.41, 5.74) is 6.09. The van der Waals surface area contributed by atoms with Crippen molar-refractivity contribution in [3.05, 3.63) is 35.7 Å². The van der Waals surface area contributed by atoms with Crippen LogP contribution in [0.1, 0.15) is 16.1 Å². The fraction of sp³-hybridized carbons (Fsp3) is 0.111. The van der Waals surface area contributed by atoms with Crippen molar-refractivity contribution in [2.24, 2.45) is 5.73 Å². The van der Waals surface area contributed by atoms with Gasteiger partial charge in [-0.3, -0.25) is 0 Å². The fourth-order valence-electron chi connectivity index (χ4n) is 0.872. The highest BCUT2D eigenvalue weighted by Crippen LogP contribution is 2.03. The Bertz CT molecular complexity index is 334. The summed E-state index contributed by atoms with van der Waals surface area (Å²) >= 11 is 0. The lowest BCUT2D eigenvalue weighted by molar-refractivity contribution is 0.0690. The molecule has 0 aliphatic heterocycles. The van der Waals surface area contributed by atoms with E-state index in [1.807, 2.05) is 0 Å². The summed E-state index contributed by atoms with van der Waals surface area (Å²) in [5, 5.41) is 8.62. The predicted octanol–water partition coefficient (Wildman–Crippen LogP) is 0.752. The minimum absolute atomic E-state index is 0.0409. The molecule has 68 valence electrons. The molecule has 0 fully saturated rings. The van der Waals surface area contributed by atoms with Crippen molar-refractivity contribution in [3.8, 4) is 0 Å². The van der Waals surface area contributed by atoms with E-state index in [1.54, 1.807) is 18.2 Å². The Kier molecular flexibility index (Phi) is 3.16. The Balaban J connectivity index is 2.92. The number of rotatable bonds is 3. The van der Waals surface area contributed by atoms with Crippen LogP contribution in [0, 0.1) is 0 Å². The second kappa shape index (κ2) is 4.37. The van der Waals surface area contributed by atoms with E-state index in [2.05, 4.69) is 4.98 Å². The summed E-state index contributed by atoms with van der Waals surface area (Å²) in [7, 11) is 0. The lowest BCUT2D eigenvalue weighted by Crippen LogP contribution is -1.99. The van der Waals surface area contributed by atoms with E-state index in [9.17, 15) is 4.79 Å². The smallest absolute Gasteiger partial charge is 0.354 e. The number of nitrogens with zero attached hydrogens (tertiary/aromatic N) is 1. The van der Waals surface area contributed by atoms with Crippen LogP contribution in [0.25, 0.3) is 6.08 Å². The second-order valence-corrected chi connectivity index (χ2v) is 2.42. The zero-order chi connectivity index (χ0) is 9.68. The molecule has 1 aromatic heterocycles. The van der Waals surface area contributed by atoms with Crippen molar-refractivity contribution in [2.45, 2.75) is 0 Å². The Hall–Kier alpha value is -1.68. The number of hydrogen-bond donors (Lipinski definition) is 2. The zero-order valence-electron chi connectivity index (χ0n) is 6.97. The molecule has 1 heterocycles. The monoisotopic (exact) mass is 178 g/mol. The van der Waals surface area contributed by atoms with E-state index in [1.165, 1.54) is 12.3 Å². The van der Waals surface area contributed by atoms with Crippen LogP contribution in [0.2, 0.25) is 0 Å². The third kappa shape index (κ3) is 2.68. The molecule has 0 atom stereocenters. The number of carboxylic acid groups (broad SMARTS) is 1. The van der Waals surface area contributed by atoms with Crippen LogP contribution >= 0.6 is 0 Å². The lowest BCUT2D eigenvalue weighted by Gasteiger charge is -1.95. The first-order valence-electron chi connectivity index (χ1n) is 3.80. The van der Waals surface area contributed by atoms with Crippen molar-refractivity contribution < 1.29 is 9.90 Å². The largest absolute Gasteiger partial charge is 0.477 e. The van der Waals surface area contributed by atoms with Crippen LogP contribution in [0.5, 0.6) is 0 Å². The zero-order valence-corrected chi connectivity index (χ0v) is 6.97. The quantitative estimate of drug-likeness (QED) is 0.716. The molecule has 0 saturated heterocycles. The minimum Gasteiger partial charge on any atom is -0.477 e. The first-order chi connectivity index (χ1) is 6.24. The van der Waals surface area contributed by atoms with Crippen LogP contribution in [0.4, 0.5) is 0 Å². The fourth-order valence-corrected chi connectivity index (χ4v) is 0.872. The van der Waals surface area contributed by atoms with E-state index in [0.29, 0.717) is 6.54 Å². The molecule has 4 heteroatoms. The van der Waals surface area contributed by atoms with Gasteiger partial charge in [-0.1, -0.05) is 12.2 Å². The van der Waals surface area contributed by atoms with Crippen LogP contribution in [0.3, 0.4) is 0 Å². The van der Waals surface area contributed by atoms with Crippen molar-refractivity contribution in [1.29, 1.82) is 0 Å². The summed E-state index contributed by atoms with van der Waals surface area (Å²) in [6.07, 6.45) is 4.97. The van der Waals surface area contributed by atoms with Crippen LogP contribution in [-0.4, -0.2) is 22.6 Å². The van der Waals surface area contributed by atoms with Gasteiger partial charge in [0.2, 0.25) is 0 Å². The molecular formula is C9H10N2O2. The molecule has 0 spiro atoms. The first kappa shape index (κ1) is 9.41. The van der Waals surface area contributed by atoms with Gasteiger partial charge in [-0.15, -0.1) is 0 Å². The number of pyridine rings is 1. The molecule has 0 saturated carbocycles. The number of aromatic nitrogens is 1. The van der Waals surface area contributed by atoms with Gasteiger partial charge < -0.3 is 10.8 Å². The van der Waals surface area contributed by atoms with E-state index in [0.717, 1.165) is 5.56 Å². The summed E-state index contributed by atoms with van der Waals surface area (Å²) < 4.78 is 0. The topological polar surface area (TPSA) is 76.2 Å². The van der Waals surface area contributed by atoms with Crippen molar-refractivity contribution in [3.63, 3.8) is 0 Å². The van der Waals surface area contributed by atoms with Gasteiger partial charge in [-0.05, 0) is 17.7 Å². The molecule has 0 unspecified atom stereocenters. The molecule has 3 N–H and O–H groups in total.